The molecule has 3 heterocycles. The van der Waals surface area contributed by atoms with Gasteiger partial charge in [0, 0.05) is 11.8 Å². The molecule has 2 N–H and O–H groups in total. The fourth-order valence-electron chi connectivity index (χ4n) is 2.43. The van der Waals surface area contributed by atoms with Gasteiger partial charge in [0.15, 0.2) is 5.13 Å². The maximum atomic E-state index is 6.14. The molecule has 24 heavy (non-hydrogen) atoms. The van der Waals surface area contributed by atoms with Crippen LogP contribution in [0, 0.1) is 0 Å². The molecule has 0 saturated heterocycles. The molecule has 0 fully saturated rings. The molecule has 118 valence electrons. The second-order valence-electron chi connectivity index (χ2n) is 5.10. The van der Waals surface area contributed by atoms with Crippen molar-refractivity contribution >= 4 is 50.7 Å². The van der Waals surface area contributed by atoms with Gasteiger partial charge in [0.2, 0.25) is 0 Å². The van der Waals surface area contributed by atoms with Crippen LogP contribution < -0.4 is 5.73 Å². The summed E-state index contributed by atoms with van der Waals surface area (Å²) < 4.78 is 0. The van der Waals surface area contributed by atoms with E-state index in [1.54, 1.807) is 18.3 Å². The summed E-state index contributed by atoms with van der Waals surface area (Å²) in [4.78, 5) is 14.3. The first kappa shape index (κ1) is 15.3. The molecule has 0 atom stereocenters. The van der Waals surface area contributed by atoms with Crippen LogP contribution in [0.25, 0.3) is 32.9 Å². The highest BCUT2D eigenvalue weighted by molar-refractivity contribution is 7.19. The minimum Gasteiger partial charge on any atom is -0.375 e. The zero-order chi connectivity index (χ0) is 16.7. The first-order valence-corrected chi connectivity index (χ1v) is 8.63. The van der Waals surface area contributed by atoms with Crippen molar-refractivity contribution in [3.8, 4) is 21.8 Å². The first-order valence-electron chi connectivity index (χ1n) is 7.06. The molecule has 7 heteroatoms. The SMILES string of the molecule is Nc1nc(-c2ccc(Cl)c(Cl)c2)c(-c2ccc3ncccc3n2)s1. The van der Waals surface area contributed by atoms with Gasteiger partial charge in [0.25, 0.3) is 0 Å². The van der Waals surface area contributed by atoms with Gasteiger partial charge in [-0.2, -0.15) is 0 Å². The fraction of sp³-hybridized carbons (Fsp3) is 0. The number of fused-ring (bicyclic) bond motifs is 1. The Bertz CT molecular complexity index is 1060. The van der Waals surface area contributed by atoms with E-state index in [2.05, 4.69) is 15.0 Å². The van der Waals surface area contributed by atoms with E-state index in [1.165, 1.54) is 11.3 Å². The smallest absolute Gasteiger partial charge is 0.181 e. The van der Waals surface area contributed by atoms with Gasteiger partial charge in [0.1, 0.15) is 0 Å². The molecule has 0 bridgehead atoms. The van der Waals surface area contributed by atoms with Crippen molar-refractivity contribution in [3.63, 3.8) is 0 Å². The monoisotopic (exact) mass is 372 g/mol. The van der Waals surface area contributed by atoms with Crippen LogP contribution in [0.1, 0.15) is 0 Å². The predicted molar refractivity (Wildman–Crippen MR) is 101 cm³/mol. The van der Waals surface area contributed by atoms with Crippen molar-refractivity contribution in [2.24, 2.45) is 0 Å². The van der Waals surface area contributed by atoms with E-state index in [4.69, 9.17) is 28.9 Å². The van der Waals surface area contributed by atoms with Crippen molar-refractivity contribution in [1.29, 1.82) is 0 Å². The third-order valence-electron chi connectivity index (χ3n) is 3.53. The summed E-state index contributed by atoms with van der Waals surface area (Å²) in [5.74, 6) is 0. The van der Waals surface area contributed by atoms with E-state index in [0.717, 1.165) is 32.9 Å². The van der Waals surface area contributed by atoms with Crippen LogP contribution in [0.3, 0.4) is 0 Å². The molecule has 1 aromatic carbocycles. The lowest BCUT2D eigenvalue weighted by Crippen LogP contribution is -1.88. The molecular formula is C17H10Cl2N4S. The van der Waals surface area contributed by atoms with Crippen LogP contribution in [-0.4, -0.2) is 15.0 Å². The van der Waals surface area contributed by atoms with E-state index in [0.29, 0.717) is 15.2 Å². The van der Waals surface area contributed by atoms with Crippen molar-refractivity contribution in [3.05, 3.63) is 58.7 Å². The van der Waals surface area contributed by atoms with Gasteiger partial charge in [-0.05, 0) is 36.4 Å². The van der Waals surface area contributed by atoms with Crippen molar-refractivity contribution in [2.75, 3.05) is 5.73 Å². The molecule has 0 aliphatic carbocycles. The van der Waals surface area contributed by atoms with E-state index in [-0.39, 0.29) is 0 Å². The Labute approximate surface area is 151 Å². The molecule has 4 nitrogen and oxygen atoms in total. The minimum atomic E-state index is 0.471. The second-order valence-corrected chi connectivity index (χ2v) is 6.94. The molecule has 0 unspecified atom stereocenters. The van der Waals surface area contributed by atoms with Crippen LogP contribution >= 0.6 is 34.5 Å². The lowest BCUT2D eigenvalue weighted by Gasteiger charge is -2.05. The molecule has 4 rings (SSSR count). The predicted octanol–water partition coefficient (Wildman–Crippen LogP) is 5.31. The Morgan fingerprint density at radius 1 is 0.917 bits per heavy atom. The normalized spacial score (nSPS) is 11.1. The number of hydrogen-bond donors (Lipinski definition) is 1. The van der Waals surface area contributed by atoms with Crippen LogP contribution in [0.15, 0.2) is 48.7 Å². The fourth-order valence-corrected chi connectivity index (χ4v) is 3.56. The number of pyridine rings is 2. The van der Waals surface area contributed by atoms with Gasteiger partial charge in [-0.3, -0.25) is 4.98 Å². The van der Waals surface area contributed by atoms with E-state index >= 15 is 0 Å². The van der Waals surface area contributed by atoms with E-state index in [1.807, 2.05) is 30.3 Å². The molecule has 4 aromatic rings. The molecule has 0 aliphatic heterocycles. The van der Waals surface area contributed by atoms with Crippen LogP contribution in [0.2, 0.25) is 10.0 Å². The van der Waals surface area contributed by atoms with Crippen molar-refractivity contribution < 1.29 is 0 Å². The summed E-state index contributed by atoms with van der Waals surface area (Å²) >= 11 is 13.5. The van der Waals surface area contributed by atoms with Gasteiger partial charge in [-0.1, -0.05) is 40.6 Å². The molecule has 0 aliphatic rings. The van der Waals surface area contributed by atoms with Gasteiger partial charge >= 0.3 is 0 Å². The molecule has 0 spiro atoms. The van der Waals surface area contributed by atoms with Crippen LogP contribution in [0.5, 0.6) is 0 Å². The number of halogens is 2. The highest BCUT2D eigenvalue weighted by atomic mass is 35.5. The van der Waals surface area contributed by atoms with Crippen molar-refractivity contribution in [1.82, 2.24) is 15.0 Å². The Balaban J connectivity index is 1.90. The number of nitrogen functional groups attached to an aromatic ring is 1. The summed E-state index contributed by atoms with van der Waals surface area (Å²) in [7, 11) is 0. The maximum Gasteiger partial charge on any atom is 0.181 e. The summed E-state index contributed by atoms with van der Waals surface area (Å²) in [5, 5.41) is 1.45. The quantitative estimate of drug-likeness (QED) is 0.517. The summed E-state index contributed by atoms with van der Waals surface area (Å²) in [6, 6.07) is 13.0. The summed E-state index contributed by atoms with van der Waals surface area (Å²) in [5.41, 5.74) is 9.99. The lowest BCUT2D eigenvalue weighted by atomic mass is 10.1. The molecule has 0 amide bonds. The number of anilines is 1. The average Bonchev–Trinajstić information content (AvgIpc) is 2.99. The number of thiazole rings is 1. The van der Waals surface area contributed by atoms with E-state index in [9.17, 15) is 0 Å². The summed E-state index contributed by atoms with van der Waals surface area (Å²) in [6.07, 6.45) is 1.75. The average molecular weight is 373 g/mol. The molecule has 3 aromatic heterocycles. The number of nitrogens with zero attached hydrogens (tertiary/aromatic N) is 3. The number of aromatic nitrogens is 3. The van der Waals surface area contributed by atoms with Gasteiger partial charge in [0.05, 0.1) is 37.3 Å². The zero-order valence-electron chi connectivity index (χ0n) is 12.2. The van der Waals surface area contributed by atoms with Crippen LogP contribution in [-0.2, 0) is 0 Å². The largest absolute Gasteiger partial charge is 0.375 e. The molecule has 0 radical (unpaired) electrons. The highest BCUT2D eigenvalue weighted by Gasteiger charge is 2.16. The Hall–Kier alpha value is -2.21. The summed E-state index contributed by atoms with van der Waals surface area (Å²) in [6.45, 7) is 0. The third kappa shape index (κ3) is 2.71. The van der Waals surface area contributed by atoms with Gasteiger partial charge < -0.3 is 5.73 Å². The molecule has 0 saturated carbocycles. The lowest BCUT2D eigenvalue weighted by molar-refractivity contribution is 1.33. The Morgan fingerprint density at radius 2 is 1.79 bits per heavy atom. The minimum absolute atomic E-state index is 0.471. The number of nitrogens with two attached hydrogens (primary N) is 1. The number of rotatable bonds is 2. The Morgan fingerprint density at radius 3 is 2.62 bits per heavy atom. The third-order valence-corrected chi connectivity index (χ3v) is 5.17. The topological polar surface area (TPSA) is 64.7 Å². The van der Waals surface area contributed by atoms with Crippen LogP contribution in [0.4, 0.5) is 5.13 Å². The van der Waals surface area contributed by atoms with Gasteiger partial charge in [-0.25, -0.2) is 9.97 Å². The van der Waals surface area contributed by atoms with E-state index < -0.39 is 0 Å². The maximum absolute atomic E-state index is 6.14. The van der Waals surface area contributed by atoms with Crippen molar-refractivity contribution in [2.45, 2.75) is 0 Å². The number of hydrogen-bond acceptors (Lipinski definition) is 5. The Kier molecular flexibility index (Phi) is 3.84. The second kappa shape index (κ2) is 6.02. The molecular weight excluding hydrogens is 363 g/mol. The number of benzene rings is 1. The first-order chi connectivity index (χ1) is 11.6. The zero-order valence-corrected chi connectivity index (χ0v) is 14.5. The van der Waals surface area contributed by atoms with Gasteiger partial charge in [-0.15, -0.1) is 0 Å². The standard InChI is InChI=1S/C17H10Cl2N4S/c18-10-4-3-9(8-11(10)19)15-16(24-17(20)23-15)14-6-5-12-13(22-14)2-1-7-21-12/h1-8H,(H2,20,23). The highest BCUT2D eigenvalue weighted by Crippen LogP contribution is 2.39.